The van der Waals surface area contributed by atoms with Crippen LogP contribution in [0.5, 0.6) is 23.0 Å². The van der Waals surface area contributed by atoms with Crippen LogP contribution < -0.4 is 18.9 Å². The largest absolute Gasteiger partial charge is 0.493 e. The van der Waals surface area contributed by atoms with Crippen LogP contribution in [0.4, 0.5) is 0 Å². The lowest BCUT2D eigenvalue weighted by Crippen LogP contribution is -2.04. The zero-order chi connectivity index (χ0) is 23.6. The van der Waals surface area contributed by atoms with Gasteiger partial charge in [0.25, 0.3) is 0 Å². The smallest absolute Gasteiger partial charge is 0.207 e. The maximum atomic E-state index is 13.6. The van der Waals surface area contributed by atoms with E-state index >= 15 is 0 Å². The van der Waals surface area contributed by atoms with Crippen molar-refractivity contribution in [2.24, 2.45) is 0 Å². The molecule has 0 saturated heterocycles. The van der Waals surface area contributed by atoms with Gasteiger partial charge in [0.1, 0.15) is 0 Å². The van der Waals surface area contributed by atoms with Crippen LogP contribution in [0.25, 0.3) is 21.9 Å². The number of fused-ring (bicyclic) bond motifs is 1. The molecule has 0 atom stereocenters. The Morgan fingerprint density at radius 1 is 0.606 bits per heavy atom. The Bertz CT molecular complexity index is 1410. The zero-order valence-electron chi connectivity index (χ0n) is 18.8. The van der Waals surface area contributed by atoms with Crippen molar-refractivity contribution in [2.45, 2.75) is 9.79 Å². The Balaban J connectivity index is 2.12. The predicted molar refractivity (Wildman–Crippen MR) is 127 cm³/mol. The SMILES string of the molecule is COc1cc(-c2cccc3cccc(S(=O)(=O)c4ccccc4)c23)c(OC)c(OC)c1OC. The second-order valence-electron chi connectivity index (χ2n) is 7.20. The summed E-state index contributed by atoms with van der Waals surface area (Å²) in [6.07, 6.45) is 0. The van der Waals surface area contributed by atoms with Crippen LogP contribution in [0.2, 0.25) is 0 Å². The minimum atomic E-state index is -3.79. The van der Waals surface area contributed by atoms with Crippen LogP contribution in [0.15, 0.2) is 82.6 Å². The number of ether oxygens (including phenoxy) is 4. The fourth-order valence-corrected chi connectivity index (χ4v) is 5.54. The number of rotatable bonds is 7. The van der Waals surface area contributed by atoms with E-state index in [1.165, 1.54) is 28.4 Å². The maximum absolute atomic E-state index is 13.6. The zero-order valence-corrected chi connectivity index (χ0v) is 19.6. The van der Waals surface area contributed by atoms with Gasteiger partial charge in [0.15, 0.2) is 11.5 Å². The van der Waals surface area contributed by atoms with E-state index in [1.54, 1.807) is 48.5 Å². The lowest BCUT2D eigenvalue weighted by atomic mass is 9.96. The molecule has 4 aromatic rings. The Morgan fingerprint density at radius 3 is 1.85 bits per heavy atom. The fraction of sp³-hybridized carbons (Fsp3) is 0.154. The van der Waals surface area contributed by atoms with Gasteiger partial charge in [-0.3, -0.25) is 0 Å². The molecule has 0 saturated carbocycles. The van der Waals surface area contributed by atoms with Crippen LogP contribution in [0.1, 0.15) is 0 Å². The lowest BCUT2D eigenvalue weighted by molar-refractivity contribution is 0.306. The molecule has 0 fully saturated rings. The first-order valence-electron chi connectivity index (χ1n) is 10.2. The summed E-state index contributed by atoms with van der Waals surface area (Å²) in [6, 6.07) is 21.0. The first-order valence-corrected chi connectivity index (χ1v) is 11.7. The minimum absolute atomic E-state index is 0.206. The van der Waals surface area contributed by atoms with Crippen molar-refractivity contribution < 1.29 is 27.4 Å². The van der Waals surface area contributed by atoms with Crippen molar-refractivity contribution in [1.82, 2.24) is 0 Å². The molecule has 6 nitrogen and oxygen atoms in total. The van der Waals surface area contributed by atoms with Gasteiger partial charge in [-0.25, -0.2) is 8.42 Å². The van der Waals surface area contributed by atoms with Crippen molar-refractivity contribution in [1.29, 1.82) is 0 Å². The van der Waals surface area contributed by atoms with Crippen molar-refractivity contribution >= 4 is 20.6 Å². The van der Waals surface area contributed by atoms with Gasteiger partial charge in [0.2, 0.25) is 21.3 Å². The van der Waals surface area contributed by atoms with E-state index in [-0.39, 0.29) is 9.79 Å². The van der Waals surface area contributed by atoms with Crippen LogP contribution >= 0.6 is 0 Å². The summed E-state index contributed by atoms with van der Waals surface area (Å²) in [5.41, 5.74) is 1.28. The normalized spacial score (nSPS) is 11.3. The molecule has 4 aromatic carbocycles. The third-order valence-electron chi connectivity index (χ3n) is 5.49. The third kappa shape index (κ3) is 3.74. The monoisotopic (exact) mass is 464 g/mol. The van der Waals surface area contributed by atoms with Gasteiger partial charge in [0, 0.05) is 10.9 Å². The van der Waals surface area contributed by atoms with E-state index in [0.717, 1.165) is 5.39 Å². The Hall–Kier alpha value is -3.71. The molecule has 0 unspecified atom stereocenters. The molecule has 0 N–H and O–H groups in total. The Kier molecular flexibility index (Phi) is 6.16. The highest BCUT2D eigenvalue weighted by Gasteiger charge is 2.26. The number of sulfone groups is 1. The summed E-state index contributed by atoms with van der Waals surface area (Å²) >= 11 is 0. The highest BCUT2D eigenvalue weighted by atomic mass is 32.2. The average Bonchev–Trinajstić information content (AvgIpc) is 2.86. The molecule has 4 rings (SSSR count). The van der Waals surface area contributed by atoms with E-state index in [0.29, 0.717) is 39.5 Å². The summed E-state index contributed by atoms with van der Waals surface area (Å²) in [7, 11) is 2.30. The summed E-state index contributed by atoms with van der Waals surface area (Å²) in [5, 5.41) is 1.36. The van der Waals surface area contributed by atoms with E-state index in [1.807, 2.05) is 24.3 Å². The highest BCUT2D eigenvalue weighted by molar-refractivity contribution is 7.91. The quantitative estimate of drug-likeness (QED) is 0.366. The molecule has 170 valence electrons. The van der Waals surface area contributed by atoms with Gasteiger partial charge in [-0.1, -0.05) is 48.5 Å². The van der Waals surface area contributed by atoms with Crippen molar-refractivity contribution in [3.8, 4) is 34.1 Å². The molecule has 7 heteroatoms. The molecule has 0 bridgehead atoms. The third-order valence-corrected chi connectivity index (χ3v) is 7.30. The summed E-state index contributed by atoms with van der Waals surface area (Å²) < 4.78 is 49.6. The Labute approximate surface area is 193 Å². The van der Waals surface area contributed by atoms with Gasteiger partial charge < -0.3 is 18.9 Å². The number of methoxy groups -OCH3 is 4. The predicted octanol–water partition coefficient (Wildman–Crippen LogP) is 5.37. The summed E-state index contributed by atoms with van der Waals surface area (Å²) in [5.74, 6) is 1.59. The van der Waals surface area contributed by atoms with Crippen LogP contribution in [-0.2, 0) is 9.84 Å². The standard InChI is InChI=1S/C26H24O6S/c1-29-21-16-20(24(30-2)26(32-4)25(21)31-3)19-14-8-10-17-11-9-15-22(23(17)19)33(27,28)18-12-6-5-7-13-18/h5-16H,1-4H3. The van der Waals surface area contributed by atoms with E-state index in [9.17, 15) is 8.42 Å². The van der Waals surface area contributed by atoms with Gasteiger partial charge in [0.05, 0.1) is 38.2 Å². The molecule has 0 amide bonds. The van der Waals surface area contributed by atoms with Gasteiger partial charge in [-0.15, -0.1) is 0 Å². The molecule has 0 aromatic heterocycles. The molecule has 33 heavy (non-hydrogen) atoms. The second-order valence-corrected chi connectivity index (χ2v) is 9.12. The average molecular weight is 465 g/mol. The van der Waals surface area contributed by atoms with Gasteiger partial charge in [-0.2, -0.15) is 0 Å². The van der Waals surface area contributed by atoms with E-state index < -0.39 is 9.84 Å². The topological polar surface area (TPSA) is 71.1 Å². The molecule has 0 aliphatic carbocycles. The molecular weight excluding hydrogens is 440 g/mol. The number of hydrogen-bond donors (Lipinski definition) is 0. The molecule has 0 radical (unpaired) electrons. The maximum Gasteiger partial charge on any atom is 0.207 e. The summed E-state index contributed by atoms with van der Waals surface area (Å²) in [6.45, 7) is 0. The molecule has 0 aliphatic heterocycles. The lowest BCUT2D eigenvalue weighted by Gasteiger charge is -2.20. The number of benzene rings is 4. The molecule has 0 aliphatic rings. The highest BCUT2D eigenvalue weighted by Crippen LogP contribution is 2.51. The molecule has 0 spiro atoms. The summed E-state index contributed by atoms with van der Waals surface area (Å²) in [4.78, 5) is 0.432. The van der Waals surface area contributed by atoms with Crippen LogP contribution in [0.3, 0.4) is 0 Å². The van der Waals surface area contributed by atoms with Gasteiger partial charge >= 0.3 is 0 Å². The molecular formula is C26H24O6S. The first kappa shape index (κ1) is 22.5. The van der Waals surface area contributed by atoms with Crippen LogP contribution in [0, 0.1) is 0 Å². The van der Waals surface area contributed by atoms with Crippen molar-refractivity contribution in [3.05, 3.63) is 72.8 Å². The first-order chi connectivity index (χ1) is 16.0. The fourth-order valence-electron chi connectivity index (χ4n) is 4.01. The van der Waals surface area contributed by atoms with E-state index in [2.05, 4.69) is 0 Å². The minimum Gasteiger partial charge on any atom is -0.493 e. The van der Waals surface area contributed by atoms with Crippen molar-refractivity contribution in [3.63, 3.8) is 0 Å². The van der Waals surface area contributed by atoms with E-state index in [4.69, 9.17) is 18.9 Å². The molecule has 0 heterocycles. The second kappa shape index (κ2) is 9.03. The Morgan fingerprint density at radius 2 is 1.24 bits per heavy atom. The van der Waals surface area contributed by atoms with Crippen molar-refractivity contribution in [2.75, 3.05) is 28.4 Å². The van der Waals surface area contributed by atoms with Gasteiger partial charge in [-0.05, 0) is 35.2 Å². The van der Waals surface area contributed by atoms with Crippen LogP contribution in [-0.4, -0.2) is 36.9 Å². The number of hydrogen-bond acceptors (Lipinski definition) is 6.